The molecule has 0 aromatic carbocycles. The van der Waals surface area contributed by atoms with Crippen molar-refractivity contribution in [3.8, 4) is 0 Å². The Balaban J connectivity index is 2.20. The van der Waals surface area contributed by atoms with Gasteiger partial charge >= 0.3 is 0 Å². The molecule has 1 aliphatic heterocycles. The summed E-state index contributed by atoms with van der Waals surface area (Å²) in [7, 11) is 0. The van der Waals surface area contributed by atoms with Gasteiger partial charge in [-0.3, -0.25) is 14.5 Å². The number of carbonyl (C=O) groups is 2. The van der Waals surface area contributed by atoms with Crippen LogP contribution in [0.15, 0.2) is 0 Å². The van der Waals surface area contributed by atoms with Gasteiger partial charge in [0.15, 0.2) is 5.78 Å². The Labute approximate surface area is 137 Å². The number of aromatic nitrogens is 1. The summed E-state index contributed by atoms with van der Waals surface area (Å²) in [5.41, 5.74) is 2.89. The van der Waals surface area contributed by atoms with E-state index in [4.69, 9.17) is 5.11 Å². The minimum Gasteiger partial charge on any atom is -0.395 e. The first-order valence-corrected chi connectivity index (χ1v) is 8.34. The van der Waals surface area contributed by atoms with Crippen molar-refractivity contribution in [1.29, 1.82) is 0 Å². The molecule has 2 rings (SSSR count). The topological polar surface area (TPSA) is 76.6 Å². The molecule has 2 N–H and O–H groups in total. The van der Waals surface area contributed by atoms with Crippen LogP contribution < -0.4 is 0 Å². The number of Topliss-reactive ketones (excluding diaryl/α,β-unsaturated/α-hetero) is 1. The lowest BCUT2D eigenvalue weighted by Crippen LogP contribution is -2.49. The maximum atomic E-state index is 12.9. The van der Waals surface area contributed by atoms with Crippen LogP contribution in [-0.4, -0.2) is 70.9 Å². The normalized spacial score (nSPS) is 15.9. The largest absolute Gasteiger partial charge is 0.395 e. The summed E-state index contributed by atoms with van der Waals surface area (Å²) >= 11 is 0. The fourth-order valence-electron chi connectivity index (χ4n) is 3.31. The molecule has 0 aliphatic carbocycles. The minimum atomic E-state index is -0.0206. The molecule has 1 fully saturated rings. The molecule has 128 valence electrons. The Kier molecular flexibility index (Phi) is 5.96. The van der Waals surface area contributed by atoms with E-state index >= 15 is 0 Å². The van der Waals surface area contributed by atoms with Crippen LogP contribution in [0.5, 0.6) is 0 Å². The first-order chi connectivity index (χ1) is 11.0. The molecule has 6 nitrogen and oxygen atoms in total. The zero-order chi connectivity index (χ0) is 17.0. The van der Waals surface area contributed by atoms with E-state index in [2.05, 4.69) is 9.88 Å². The molecule has 1 aromatic heterocycles. The molecule has 1 amide bonds. The summed E-state index contributed by atoms with van der Waals surface area (Å²) in [6, 6.07) is 0. The van der Waals surface area contributed by atoms with Crippen LogP contribution in [0.1, 0.15) is 52.4 Å². The van der Waals surface area contributed by atoms with E-state index in [1.807, 2.05) is 18.7 Å². The van der Waals surface area contributed by atoms with Gasteiger partial charge in [0.05, 0.1) is 6.61 Å². The summed E-state index contributed by atoms with van der Waals surface area (Å²) in [4.78, 5) is 31.9. The average molecular weight is 321 g/mol. The summed E-state index contributed by atoms with van der Waals surface area (Å²) in [5, 5.41) is 8.99. The average Bonchev–Trinajstić information content (AvgIpc) is 2.85. The Hall–Kier alpha value is -1.66. The number of aryl methyl sites for hydroxylation is 1. The molecule has 2 heterocycles. The number of nitrogens with zero attached hydrogens (tertiary/aromatic N) is 2. The second-order valence-electron chi connectivity index (χ2n) is 6.14. The number of β-amino-alcohol motifs (C(OH)–C–C–N with tert-alkyl or cyclic N) is 1. The Morgan fingerprint density at radius 1 is 1.22 bits per heavy atom. The van der Waals surface area contributed by atoms with Crippen LogP contribution in [0.2, 0.25) is 0 Å². The van der Waals surface area contributed by atoms with Gasteiger partial charge in [-0.1, -0.05) is 13.3 Å². The van der Waals surface area contributed by atoms with Crippen LogP contribution in [0.25, 0.3) is 0 Å². The van der Waals surface area contributed by atoms with Crippen LogP contribution in [-0.2, 0) is 6.42 Å². The number of piperazine rings is 1. The van der Waals surface area contributed by atoms with E-state index in [1.54, 1.807) is 6.92 Å². The fourth-order valence-corrected chi connectivity index (χ4v) is 3.31. The number of H-pyrrole nitrogens is 1. The third kappa shape index (κ3) is 3.82. The number of amides is 1. The van der Waals surface area contributed by atoms with Gasteiger partial charge in [-0.15, -0.1) is 0 Å². The predicted molar refractivity (Wildman–Crippen MR) is 89.0 cm³/mol. The third-order valence-corrected chi connectivity index (χ3v) is 4.43. The molecule has 1 aromatic rings. The number of rotatable bonds is 6. The van der Waals surface area contributed by atoms with E-state index in [1.165, 1.54) is 0 Å². The van der Waals surface area contributed by atoms with E-state index in [-0.39, 0.29) is 18.3 Å². The number of carbonyl (C=O) groups excluding carboxylic acids is 2. The smallest absolute Gasteiger partial charge is 0.270 e. The molecule has 1 saturated heterocycles. The van der Waals surface area contributed by atoms with Crippen LogP contribution >= 0.6 is 0 Å². The molecule has 0 unspecified atom stereocenters. The number of aliphatic hydroxyl groups is 1. The van der Waals surface area contributed by atoms with Crippen molar-refractivity contribution in [3.05, 3.63) is 22.5 Å². The number of hydrogen-bond donors (Lipinski definition) is 2. The monoisotopic (exact) mass is 321 g/mol. The lowest BCUT2D eigenvalue weighted by atomic mass is 10.0. The highest BCUT2D eigenvalue weighted by Gasteiger charge is 2.27. The summed E-state index contributed by atoms with van der Waals surface area (Å²) in [6.45, 7) is 9.10. The second-order valence-corrected chi connectivity index (χ2v) is 6.14. The zero-order valence-corrected chi connectivity index (χ0v) is 14.3. The SMILES string of the molecule is CCCc1c(C(=O)N2CCN(CCO)CC2)[nH]c(C)c1C(C)=O. The van der Waals surface area contributed by atoms with Crippen LogP contribution in [0, 0.1) is 6.92 Å². The molecule has 0 spiro atoms. The molecule has 0 radical (unpaired) electrons. The van der Waals surface area contributed by atoms with E-state index in [0.29, 0.717) is 30.9 Å². The van der Waals surface area contributed by atoms with Crippen molar-refractivity contribution < 1.29 is 14.7 Å². The number of aromatic amines is 1. The minimum absolute atomic E-state index is 0.00835. The van der Waals surface area contributed by atoms with Crippen molar-refractivity contribution in [2.45, 2.75) is 33.6 Å². The number of nitrogens with one attached hydrogen (secondary N) is 1. The van der Waals surface area contributed by atoms with Gasteiger partial charge < -0.3 is 15.0 Å². The number of ketones is 1. The molecule has 6 heteroatoms. The molecule has 1 aliphatic rings. The van der Waals surface area contributed by atoms with Gasteiger partial charge in [0.2, 0.25) is 0 Å². The van der Waals surface area contributed by atoms with Gasteiger partial charge in [-0.2, -0.15) is 0 Å². The van der Waals surface area contributed by atoms with E-state index in [0.717, 1.165) is 37.2 Å². The lowest BCUT2D eigenvalue weighted by Gasteiger charge is -2.34. The van der Waals surface area contributed by atoms with Gasteiger partial charge in [-0.05, 0) is 25.8 Å². The second kappa shape index (κ2) is 7.75. The fraction of sp³-hybridized carbons (Fsp3) is 0.647. The summed E-state index contributed by atoms with van der Waals surface area (Å²) < 4.78 is 0. The Morgan fingerprint density at radius 2 is 1.87 bits per heavy atom. The van der Waals surface area contributed by atoms with Gasteiger partial charge in [0.25, 0.3) is 5.91 Å². The van der Waals surface area contributed by atoms with Crippen molar-refractivity contribution in [1.82, 2.24) is 14.8 Å². The predicted octanol–water partition coefficient (Wildman–Crippen LogP) is 1.23. The first-order valence-electron chi connectivity index (χ1n) is 8.34. The molecular weight excluding hydrogens is 294 g/mol. The molecule has 0 bridgehead atoms. The quantitative estimate of drug-likeness (QED) is 0.773. The summed E-state index contributed by atoms with van der Waals surface area (Å²) in [5.74, 6) is -0.0123. The zero-order valence-electron chi connectivity index (χ0n) is 14.3. The van der Waals surface area contributed by atoms with Gasteiger partial charge in [0, 0.05) is 44.0 Å². The third-order valence-electron chi connectivity index (χ3n) is 4.43. The highest BCUT2D eigenvalue weighted by molar-refractivity contribution is 6.02. The Morgan fingerprint density at radius 3 is 2.39 bits per heavy atom. The maximum Gasteiger partial charge on any atom is 0.270 e. The van der Waals surface area contributed by atoms with Crippen LogP contribution in [0.3, 0.4) is 0 Å². The van der Waals surface area contributed by atoms with Crippen molar-refractivity contribution in [2.24, 2.45) is 0 Å². The molecular formula is C17H27N3O3. The molecule has 0 atom stereocenters. The van der Waals surface area contributed by atoms with Gasteiger partial charge in [-0.25, -0.2) is 0 Å². The first kappa shape index (κ1) is 17.7. The summed E-state index contributed by atoms with van der Waals surface area (Å²) in [6.07, 6.45) is 1.62. The Bertz CT molecular complexity index is 572. The lowest BCUT2D eigenvalue weighted by molar-refractivity contribution is 0.0609. The van der Waals surface area contributed by atoms with Gasteiger partial charge in [0.1, 0.15) is 5.69 Å². The molecule has 23 heavy (non-hydrogen) atoms. The molecule has 0 saturated carbocycles. The van der Waals surface area contributed by atoms with Crippen LogP contribution in [0.4, 0.5) is 0 Å². The number of hydrogen-bond acceptors (Lipinski definition) is 4. The van der Waals surface area contributed by atoms with Crippen molar-refractivity contribution in [2.75, 3.05) is 39.3 Å². The standard InChI is InChI=1S/C17H27N3O3/c1-4-5-14-15(13(3)22)12(2)18-16(14)17(23)20-8-6-19(7-9-20)10-11-21/h18,21H,4-11H2,1-3H3. The highest BCUT2D eigenvalue weighted by Crippen LogP contribution is 2.23. The van der Waals surface area contributed by atoms with Crippen molar-refractivity contribution in [3.63, 3.8) is 0 Å². The van der Waals surface area contributed by atoms with E-state index < -0.39 is 0 Å². The maximum absolute atomic E-state index is 12.9. The highest BCUT2D eigenvalue weighted by atomic mass is 16.3. The van der Waals surface area contributed by atoms with E-state index in [9.17, 15) is 9.59 Å². The van der Waals surface area contributed by atoms with Crippen molar-refractivity contribution >= 4 is 11.7 Å². The number of aliphatic hydroxyl groups excluding tert-OH is 1.